The maximum atomic E-state index is 12.1. The van der Waals surface area contributed by atoms with E-state index in [4.69, 9.17) is 4.74 Å². The zero-order valence-corrected chi connectivity index (χ0v) is 15.2. The Morgan fingerprint density at radius 1 is 1.15 bits per heavy atom. The molecule has 2 saturated heterocycles. The molecule has 2 aromatic rings. The molecule has 138 valence electrons. The first kappa shape index (κ1) is 16.2. The Kier molecular flexibility index (Phi) is 3.92. The first-order valence-corrected chi connectivity index (χ1v) is 9.97. The molecule has 1 aromatic carbocycles. The summed E-state index contributed by atoms with van der Waals surface area (Å²) >= 11 is 0. The number of carbonyl (C=O) groups excluding carboxylic acids is 1. The molecule has 1 saturated carbocycles. The third-order valence-electron chi connectivity index (χ3n) is 6.68. The number of hydrogen-bond acceptors (Lipinski definition) is 4. The summed E-state index contributed by atoms with van der Waals surface area (Å²) in [5.41, 5.74) is 2.43. The fourth-order valence-corrected chi connectivity index (χ4v) is 4.80. The Bertz CT molecular complexity index is 802. The Labute approximate surface area is 154 Å². The molecule has 1 N–H and O–H groups in total. The molecule has 3 heterocycles. The number of rotatable bonds is 4. The summed E-state index contributed by atoms with van der Waals surface area (Å²) in [5.74, 6) is 0.0821. The normalized spacial score (nSPS) is 25.6. The van der Waals surface area contributed by atoms with E-state index in [1.807, 2.05) is 6.20 Å². The first-order chi connectivity index (χ1) is 12.7. The number of nitrogens with zero attached hydrogens (tertiary/aromatic N) is 2. The molecular formula is C21H27N3O2. The van der Waals surface area contributed by atoms with Crippen LogP contribution >= 0.6 is 0 Å². The highest BCUT2D eigenvalue weighted by Crippen LogP contribution is 2.50. The van der Waals surface area contributed by atoms with Gasteiger partial charge < -0.3 is 14.6 Å². The van der Waals surface area contributed by atoms with Crippen LogP contribution in [0.3, 0.4) is 0 Å². The Balaban J connectivity index is 1.12. The third kappa shape index (κ3) is 2.78. The molecule has 5 heteroatoms. The van der Waals surface area contributed by atoms with E-state index >= 15 is 0 Å². The number of benzene rings is 1. The average molecular weight is 353 g/mol. The van der Waals surface area contributed by atoms with Gasteiger partial charge in [0, 0.05) is 61.9 Å². The summed E-state index contributed by atoms with van der Waals surface area (Å²) in [6.45, 7) is 5.32. The molecule has 1 atom stereocenters. The van der Waals surface area contributed by atoms with Crippen molar-refractivity contribution in [1.82, 2.24) is 9.88 Å². The highest BCUT2D eigenvalue weighted by molar-refractivity contribution is 5.83. The molecule has 1 aromatic heterocycles. The van der Waals surface area contributed by atoms with E-state index in [9.17, 15) is 4.79 Å². The van der Waals surface area contributed by atoms with Crippen molar-refractivity contribution in [2.75, 3.05) is 37.6 Å². The molecule has 0 bridgehead atoms. The van der Waals surface area contributed by atoms with Gasteiger partial charge in [-0.1, -0.05) is 6.42 Å². The lowest BCUT2D eigenvalue weighted by molar-refractivity contribution is -0.152. The number of ether oxygens (including phenoxy) is 1. The molecule has 5 nitrogen and oxygen atoms in total. The van der Waals surface area contributed by atoms with Gasteiger partial charge in [-0.15, -0.1) is 0 Å². The Hall–Kier alpha value is -2.01. The smallest absolute Gasteiger partial charge is 0.312 e. The zero-order valence-electron chi connectivity index (χ0n) is 15.2. The van der Waals surface area contributed by atoms with Gasteiger partial charge in [-0.25, -0.2) is 0 Å². The van der Waals surface area contributed by atoms with Gasteiger partial charge in [-0.2, -0.15) is 0 Å². The Morgan fingerprint density at radius 3 is 2.73 bits per heavy atom. The number of H-pyrrole nitrogens is 1. The first-order valence-electron chi connectivity index (χ1n) is 9.97. The predicted molar refractivity (Wildman–Crippen MR) is 102 cm³/mol. The van der Waals surface area contributed by atoms with Crippen molar-refractivity contribution >= 4 is 22.6 Å². The predicted octanol–water partition coefficient (Wildman–Crippen LogP) is 3.17. The number of cyclic esters (lactones) is 1. The van der Waals surface area contributed by atoms with E-state index in [2.05, 4.69) is 39.0 Å². The van der Waals surface area contributed by atoms with E-state index in [1.54, 1.807) is 0 Å². The summed E-state index contributed by atoms with van der Waals surface area (Å²) in [6.07, 6.45) is 7.38. The highest BCUT2D eigenvalue weighted by atomic mass is 16.6. The van der Waals surface area contributed by atoms with Gasteiger partial charge in [0.05, 0.1) is 5.41 Å². The van der Waals surface area contributed by atoms with E-state index in [-0.39, 0.29) is 17.5 Å². The molecule has 3 aliphatic rings. The molecule has 3 fully saturated rings. The minimum Gasteiger partial charge on any atom is -0.462 e. The summed E-state index contributed by atoms with van der Waals surface area (Å²) < 4.78 is 5.65. The second-order valence-electron chi connectivity index (χ2n) is 8.23. The third-order valence-corrected chi connectivity index (χ3v) is 6.68. The van der Waals surface area contributed by atoms with E-state index in [0.717, 1.165) is 58.4 Å². The van der Waals surface area contributed by atoms with Crippen LogP contribution in [0, 0.1) is 5.41 Å². The van der Waals surface area contributed by atoms with Gasteiger partial charge in [0.1, 0.15) is 6.10 Å². The maximum Gasteiger partial charge on any atom is 0.312 e. The van der Waals surface area contributed by atoms with Crippen molar-refractivity contribution in [3.05, 3.63) is 30.5 Å². The van der Waals surface area contributed by atoms with Crippen LogP contribution in [0.1, 0.15) is 32.1 Å². The fraction of sp³-hybridized carbons (Fsp3) is 0.571. The summed E-state index contributed by atoms with van der Waals surface area (Å²) in [4.78, 5) is 20.3. The average Bonchev–Trinajstić information content (AvgIpc) is 3.23. The van der Waals surface area contributed by atoms with Gasteiger partial charge >= 0.3 is 5.97 Å². The molecule has 1 aliphatic carbocycles. The number of aromatic nitrogens is 1. The lowest BCUT2D eigenvalue weighted by Crippen LogP contribution is -2.47. The molecule has 5 rings (SSSR count). The second-order valence-corrected chi connectivity index (χ2v) is 8.23. The van der Waals surface area contributed by atoms with E-state index < -0.39 is 0 Å². The largest absolute Gasteiger partial charge is 0.462 e. The number of nitrogens with one attached hydrogen (secondary N) is 1. The van der Waals surface area contributed by atoms with Crippen LogP contribution in [0.4, 0.5) is 5.69 Å². The minimum atomic E-state index is -0.0831. The minimum absolute atomic E-state index is 0.0821. The molecule has 0 radical (unpaired) electrons. The number of aromatic amines is 1. The maximum absolute atomic E-state index is 12.1. The monoisotopic (exact) mass is 353 g/mol. The van der Waals surface area contributed by atoms with Crippen molar-refractivity contribution in [3.8, 4) is 0 Å². The summed E-state index contributed by atoms with van der Waals surface area (Å²) in [5, 5.41) is 1.28. The number of fused-ring (bicyclic) bond motifs is 1. The van der Waals surface area contributed by atoms with Gasteiger partial charge in [0.2, 0.25) is 0 Å². The molecule has 0 amide bonds. The molecule has 2 aliphatic heterocycles. The van der Waals surface area contributed by atoms with Gasteiger partial charge in [-0.3, -0.25) is 9.69 Å². The van der Waals surface area contributed by atoms with Crippen LogP contribution in [0.25, 0.3) is 10.9 Å². The standard InChI is InChI=1S/C21H27N3O2/c25-20-21(6-1-7-21)15-18(26-20)5-9-23-10-12-24(13-11-23)17-2-3-19-16(14-17)4-8-22-19/h2-4,8,14,18,22H,1,5-7,9-13,15H2. The number of hydrogen-bond donors (Lipinski definition) is 1. The lowest BCUT2D eigenvalue weighted by atomic mass is 9.67. The number of piperazine rings is 1. The molecule has 1 spiro atoms. The topological polar surface area (TPSA) is 48.6 Å². The van der Waals surface area contributed by atoms with Crippen LogP contribution < -0.4 is 4.90 Å². The Morgan fingerprint density at radius 2 is 2.00 bits per heavy atom. The summed E-state index contributed by atoms with van der Waals surface area (Å²) in [7, 11) is 0. The molecule has 26 heavy (non-hydrogen) atoms. The van der Waals surface area contributed by atoms with Gasteiger partial charge in [-0.05, 0) is 43.5 Å². The highest BCUT2D eigenvalue weighted by Gasteiger charge is 2.52. The van der Waals surface area contributed by atoms with Crippen LogP contribution in [0.5, 0.6) is 0 Å². The fourth-order valence-electron chi connectivity index (χ4n) is 4.80. The SMILES string of the molecule is O=C1OC(CCN2CCN(c3ccc4[nH]ccc4c3)CC2)CC12CCC2. The van der Waals surface area contributed by atoms with Crippen LogP contribution in [-0.4, -0.2) is 54.7 Å². The quantitative estimate of drug-likeness (QED) is 0.858. The van der Waals surface area contributed by atoms with Crippen LogP contribution in [0.15, 0.2) is 30.5 Å². The number of carbonyl (C=O) groups is 1. The van der Waals surface area contributed by atoms with Crippen LogP contribution in [-0.2, 0) is 9.53 Å². The van der Waals surface area contributed by atoms with Crippen molar-refractivity contribution in [1.29, 1.82) is 0 Å². The van der Waals surface area contributed by atoms with Crippen molar-refractivity contribution in [2.45, 2.75) is 38.2 Å². The van der Waals surface area contributed by atoms with Crippen molar-refractivity contribution < 1.29 is 9.53 Å². The zero-order chi connectivity index (χ0) is 17.6. The van der Waals surface area contributed by atoms with Crippen molar-refractivity contribution in [2.24, 2.45) is 5.41 Å². The van der Waals surface area contributed by atoms with Gasteiger partial charge in [0.15, 0.2) is 0 Å². The van der Waals surface area contributed by atoms with E-state index in [1.165, 1.54) is 23.0 Å². The number of esters is 1. The van der Waals surface area contributed by atoms with Crippen LogP contribution in [0.2, 0.25) is 0 Å². The summed E-state index contributed by atoms with van der Waals surface area (Å²) in [6, 6.07) is 8.79. The van der Waals surface area contributed by atoms with E-state index in [0.29, 0.717) is 0 Å². The van der Waals surface area contributed by atoms with Crippen molar-refractivity contribution in [3.63, 3.8) is 0 Å². The molecular weight excluding hydrogens is 326 g/mol. The van der Waals surface area contributed by atoms with Gasteiger partial charge in [0.25, 0.3) is 0 Å². The second kappa shape index (κ2) is 6.31. The molecule has 1 unspecified atom stereocenters. The number of anilines is 1. The lowest BCUT2D eigenvalue weighted by Gasteiger charge is -2.36.